The lowest BCUT2D eigenvalue weighted by Gasteiger charge is -2.32. The molecule has 0 spiro atoms. The molecule has 1 saturated carbocycles. The number of piperidine rings is 1. The van der Waals surface area contributed by atoms with Gasteiger partial charge < -0.3 is 10.2 Å². The lowest BCUT2D eigenvalue weighted by molar-refractivity contribution is -0.127. The molecule has 1 saturated heterocycles. The Morgan fingerprint density at radius 2 is 1.75 bits per heavy atom. The number of hydrogen-bond acceptors (Lipinski definition) is 4. The van der Waals surface area contributed by atoms with Crippen LogP contribution in [0.1, 0.15) is 70.8 Å². The molecule has 0 radical (unpaired) electrons. The maximum atomic E-state index is 13.5. The highest BCUT2D eigenvalue weighted by Crippen LogP contribution is 2.42. The van der Waals surface area contributed by atoms with E-state index in [-0.39, 0.29) is 35.2 Å². The normalized spacial score (nSPS) is 24.8. The number of nitrogens with one attached hydrogen (secondary N) is 1. The van der Waals surface area contributed by atoms with Crippen LogP contribution in [0, 0.1) is 5.92 Å². The second kappa shape index (κ2) is 8.78. The SMILES string of the molecule is CN1C(=O)C(C)(C)c2cc(S(=O)(=O)N3CCC[C@H](C(=O)NC4CCCCCC4)C3)ccc21. The molecule has 1 atom stereocenters. The van der Waals surface area contributed by atoms with Crippen molar-refractivity contribution in [1.29, 1.82) is 0 Å². The summed E-state index contributed by atoms with van der Waals surface area (Å²) < 4.78 is 28.4. The zero-order valence-corrected chi connectivity index (χ0v) is 20.2. The summed E-state index contributed by atoms with van der Waals surface area (Å²) in [5.74, 6) is -0.380. The van der Waals surface area contributed by atoms with Crippen LogP contribution in [0.15, 0.2) is 23.1 Å². The highest BCUT2D eigenvalue weighted by atomic mass is 32.2. The Morgan fingerprint density at radius 3 is 2.44 bits per heavy atom. The molecule has 1 aromatic rings. The molecule has 176 valence electrons. The van der Waals surface area contributed by atoms with E-state index in [2.05, 4.69) is 5.32 Å². The van der Waals surface area contributed by atoms with E-state index in [1.807, 2.05) is 13.8 Å². The second-order valence-electron chi connectivity index (χ2n) is 10.1. The molecule has 2 fully saturated rings. The molecule has 0 aromatic heterocycles. The first-order valence-electron chi connectivity index (χ1n) is 11.9. The Kier molecular flexibility index (Phi) is 6.38. The molecule has 32 heavy (non-hydrogen) atoms. The van der Waals surface area contributed by atoms with Crippen molar-refractivity contribution in [3.05, 3.63) is 23.8 Å². The Hall–Kier alpha value is -1.93. The number of rotatable bonds is 4. The predicted molar refractivity (Wildman–Crippen MR) is 124 cm³/mol. The molecule has 1 aliphatic carbocycles. The third-order valence-corrected chi connectivity index (χ3v) is 9.30. The number of carbonyl (C=O) groups excluding carboxylic acids is 2. The van der Waals surface area contributed by atoms with Crippen LogP contribution in [-0.2, 0) is 25.0 Å². The van der Waals surface area contributed by atoms with Crippen LogP contribution in [0.2, 0.25) is 0 Å². The zero-order valence-electron chi connectivity index (χ0n) is 19.4. The second-order valence-corrected chi connectivity index (χ2v) is 12.0. The van der Waals surface area contributed by atoms with Crippen molar-refractivity contribution >= 4 is 27.5 Å². The fraction of sp³-hybridized carbons (Fsp3) is 0.667. The van der Waals surface area contributed by atoms with Crippen LogP contribution in [0.25, 0.3) is 0 Å². The molecule has 3 aliphatic rings. The molecule has 2 heterocycles. The molecule has 1 aromatic carbocycles. The number of hydrogen-bond donors (Lipinski definition) is 1. The Morgan fingerprint density at radius 1 is 1.06 bits per heavy atom. The molecule has 2 amide bonds. The fourth-order valence-electron chi connectivity index (χ4n) is 5.38. The number of likely N-dealkylation sites (N-methyl/N-ethyl adjacent to an activating group) is 1. The first kappa shape index (κ1) is 23.2. The van der Waals surface area contributed by atoms with E-state index >= 15 is 0 Å². The summed E-state index contributed by atoms with van der Waals surface area (Å²) in [7, 11) is -2.04. The first-order chi connectivity index (χ1) is 15.1. The molecule has 8 heteroatoms. The van der Waals surface area contributed by atoms with Gasteiger partial charge in [-0.2, -0.15) is 4.31 Å². The van der Waals surface area contributed by atoms with Gasteiger partial charge in [0.2, 0.25) is 21.8 Å². The molecule has 2 aliphatic heterocycles. The summed E-state index contributed by atoms with van der Waals surface area (Å²) >= 11 is 0. The average molecular weight is 462 g/mol. The molecule has 1 N–H and O–H groups in total. The molecular weight excluding hydrogens is 426 g/mol. The number of benzene rings is 1. The van der Waals surface area contributed by atoms with Gasteiger partial charge in [0.1, 0.15) is 0 Å². The number of anilines is 1. The number of fused-ring (bicyclic) bond motifs is 1. The van der Waals surface area contributed by atoms with E-state index in [9.17, 15) is 18.0 Å². The monoisotopic (exact) mass is 461 g/mol. The van der Waals surface area contributed by atoms with E-state index in [4.69, 9.17) is 0 Å². The molecule has 4 rings (SSSR count). The van der Waals surface area contributed by atoms with E-state index in [1.165, 1.54) is 17.1 Å². The Bertz CT molecular complexity index is 996. The summed E-state index contributed by atoms with van der Waals surface area (Å²) in [6.45, 7) is 4.26. The lowest BCUT2D eigenvalue weighted by Crippen LogP contribution is -2.47. The highest BCUT2D eigenvalue weighted by Gasteiger charge is 2.43. The molecular formula is C24H35N3O4S. The first-order valence-corrected chi connectivity index (χ1v) is 13.3. The standard InChI is InChI=1S/C24H35N3O4S/c1-24(2)20-15-19(12-13-21(20)26(3)23(24)29)32(30,31)27-14-8-9-17(16-27)22(28)25-18-10-6-4-5-7-11-18/h12-13,15,17-18H,4-11,14,16H2,1-3H3,(H,25,28)/t17-/m0/s1. The molecule has 0 unspecified atom stereocenters. The lowest BCUT2D eigenvalue weighted by atomic mass is 9.86. The van der Waals surface area contributed by atoms with E-state index in [0.717, 1.165) is 36.9 Å². The van der Waals surface area contributed by atoms with Crippen molar-refractivity contribution in [2.45, 2.75) is 81.6 Å². The van der Waals surface area contributed by atoms with Gasteiger partial charge in [0.05, 0.1) is 16.2 Å². The van der Waals surface area contributed by atoms with Gasteiger partial charge in [-0.15, -0.1) is 0 Å². The minimum Gasteiger partial charge on any atom is -0.353 e. The maximum Gasteiger partial charge on any atom is 0.243 e. The molecule has 7 nitrogen and oxygen atoms in total. The van der Waals surface area contributed by atoms with E-state index in [1.54, 1.807) is 30.1 Å². The van der Waals surface area contributed by atoms with E-state index in [0.29, 0.717) is 19.4 Å². The van der Waals surface area contributed by atoms with Gasteiger partial charge >= 0.3 is 0 Å². The van der Waals surface area contributed by atoms with Gasteiger partial charge in [0, 0.05) is 31.9 Å². The maximum absolute atomic E-state index is 13.5. The van der Waals surface area contributed by atoms with Crippen LogP contribution in [0.3, 0.4) is 0 Å². The Balaban J connectivity index is 1.50. The van der Waals surface area contributed by atoms with Crippen LogP contribution in [0.4, 0.5) is 5.69 Å². The summed E-state index contributed by atoms with van der Waals surface area (Å²) in [5.41, 5.74) is 0.711. The third-order valence-electron chi connectivity index (χ3n) is 7.44. The van der Waals surface area contributed by atoms with Crippen molar-refractivity contribution < 1.29 is 18.0 Å². The van der Waals surface area contributed by atoms with Crippen LogP contribution >= 0.6 is 0 Å². The van der Waals surface area contributed by atoms with Crippen LogP contribution in [-0.4, -0.2) is 50.7 Å². The van der Waals surface area contributed by atoms with Gasteiger partial charge in [-0.05, 0) is 63.3 Å². The fourth-order valence-corrected chi connectivity index (χ4v) is 6.93. The zero-order chi connectivity index (χ0) is 23.1. The highest BCUT2D eigenvalue weighted by molar-refractivity contribution is 7.89. The topological polar surface area (TPSA) is 86.8 Å². The third kappa shape index (κ3) is 4.19. The smallest absolute Gasteiger partial charge is 0.243 e. The average Bonchev–Trinajstić information content (AvgIpc) is 2.98. The predicted octanol–water partition coefficient (Wildman–Crippen LogP) is 3.18. The van der Waals surface area contributed by atoms with Crippen molar-refractivity contribution in [3.63, 3.8) is 0 Å². The van der Waals surface area contributed by atoms with Gasteiger partial charge in [0.15, 0.2) is 0 Å². The number of sulfonamides is 1. The quantitative estimate of drug-likeness (QED) is 0.698. The minimum absolute atomic E-state index is 0.0147. The summed E-state index contributed by atoms with van der Waals surface area (Å²) in [4.78, 5) is 27.3. The van der Waals surface area contributed by atoms with Crippen molar-refractivity contribution in [2.24, 2.45) is 5.92 Å². The number of nitrogens with zero attached hydrogens (tertiary/aromatic N) is 2. The van der Waals surface area contributed by atoms with Gasteiger partial charge in [-0.1, -0.05) is 25.7 Å². The Labute approximate surface area is 191 Å². The van der Waals surface area contributed by atoms with Crippen molar-refractivity contribution in [2.75, 3.05) is 25.0 Å². The minimum atomic E-state index is -3.75. The van der Waals surface area contributed by atoms with Crippen LogP contribution in [0.5, 0.6) is 0 Å². The van der Waals surface area contributed by atoms with Gasteiger partial charge in [-0.3, -0.25) is 9.59 Å². The van der Waals surface area contributed by atoms with Crippen LogP contribution < -0.4 is 10.2 Å². The van der Waals surface area contributed by atoms with E-state index < -0.39 is 15.4 Å². The summed E-state index contributed by atoms with van der Waals surface area (Å²) in [5, 5.41) is 3.19. The van der Waals surface area contributed by atoms with Gasteiger partial charge in [0.25, 0.3) is 0 Å². The van der Waals surface area contributed by atoms with Crippen molar-refractivity contribution in [1.82, 2.24) is 9.62 Å². The summed E-state index contributed by atoms with van der Waals surface area (Å²) in [6, 6.07) is 5.15. The largest absolute Gasteiger partial charge is 0.353 e. The van der Waals surface area contributed by atoms with Gasteiger partial charge in [-0.25, -0.2) is 8.42 Å². The number of carbonyl (C=O) groups is 2. The molecule has 0 bridgehead atoms. The number of amides is 2. The van der Waals surface area contributed by atoms with Crippen molar-refractivity contribution in [3.8, 4) is 0 Å². The summed E-state index contributed by atoms with van der Waals surface area (Å²) in [6.07, 6.45) is 8.13.